The number of aliphatic hydroxyl groups is 1. The Kier molecular flexibility index (Phi) is 3.74. The molecule has 0 bridgehead atoms. The molecule has 2 aromatic rings. The number of imidazole rings is 1. The second-order valence-corrected chi connectivity index (χ2v) is 8.75. The molecule has 0 aliphatic carbocycles. The van der Waals surface area contributed by atoms with Gasteiger partial charge in [-0.1, -0.05) is 24.3 Å². The van der Waals surface area contributed by atoms with Gasteiger partial charge in [-0.05, 0) is 18.9 Å². The van der Waals surface area contributed by atoms with Crippen LogP contribution in [0.15, 0.2) is 36.8 Å². The summed E-state index contributed by atoms with van der Waals surface area (Å²) >= 11 is 0. The Bertz CT molecular complexity index is 861. The van der Waals surface area contributed by atoms with Gasteiger partial charge in [0.05, 0.1) is 36.1 Å². The summed E-state index contributed by atoms with van der Waals surface area (Å²) in [6, 6.07) is 8.01. The molecule has 3 atom stereocenters. The minimum atomic E-state index is -3.25. The van der Waals surface area contributed by atoms with Crippen molar-refractivity contribution in [3.8, 4) is 11.3 Å². The van der Waals surface area contributed by atoms with Gasteiger partial charge in [-0.3, -0.25) is 0 Å². The molecule has 0 radical (unpaired) electrons. The van der Waals surface area contributed by atoms with E-state index in [1.165, 1.54) is 4.31 Å². The number of piperidine rings is 1. The maximum atomic E-state index is 12.3. The zero-order chi connectivity index (χ0) is 16.9. The predicted octanol–water partition coefficient (Wildman–Crippen LogP) is 1.49. The van der Waals surface area contributed by atoms with E-state index in [0.717, 1.165) is 16.8 Å². The first-order valence-electron chi connectivity index (χ1n) is 8.30. The molecule has 3 heterocycles. The lowest BCUT2D eigenvalue weighted by Crippen LogP contribution is -2.49. The van der Waals surface area contributed by atoms with Crippen LogP contribution in [0.1, 0.15) is 24.9 Å². The summed E-state index contributed by atoms with van der Waals surface area (Å²) in [6.07, 6.45) is 3.54. The van der Waals surface area contributed by atoms with Crippen molar-refractivity contribution in [1.82, 2.24) is 13.9 Å². The number of aromatic nitrogens is 2. The second-order valence-electron chi connectivity index (χ2n) is 6.50. The molecule has 128 valence electrons. The highest BCUT2D eigenvalue weighted by Gasteiger charge is 2.42. The van der Waals surface area contributed by atoms with Crippen molar-refractivity contribution in [3.05, 3.63) is 42.4 Å². The summed E-state index contributed by atoms with van der Waals surface area (Å²) in [6.45, 7) is 2.39. The van der Waals surface area contributed by atoms with E-state index < -0.39 is 16.1 Å². The van der Waals surface area contributed by atoms with Crippen molar-refractivity contribution < 1.29 is 13.5 Å². The van der Waals surface area contributed by atoms with Crippen molar-refractivity contribution >= 4 is 10.0 Å². The molecule has 7 heteroatoms. The molecule has 1 N–H and O–H groups in total. The van der Waals surface area contributed by atoms with Gasteiger partial charge >= 0.3 is 0 Å². The minimum absolute atomic E-state index is 0.0800. The number of sulfonamides is 1. The molecule has 24 heavy (non-hydrogen) atoms. The Morgan fingerprint density at radius 1 is 1.33 bits per heavy atom. The van der Waals surface area contributed by atoms with Gasteiger partial charge in [-0.15, -0.1) is 0 Å². The van der Waals surface area contributed by atoms with Gasteiger partial charge in [-0.25, -0.2) is 17.7 Å². The van der Waals surface area contributed by atoms with Gasteiger partial charge in [0.1, 0.15) is 0 Å². The van der Waals surface area contributed by atoms with E-state index >= 15 is 0 Å². The maximum Gasteiger partial charge on any atom is 0.213 e. The van der Waals surface area contributed by atoms with Crippen LogP contribution in [0.25, 0.3) is 11.3 Å². The summed E-state index contributed by atoms with van der Waals surface area (Å²) in [4.78, 5) is 4.25. The zero-order valence-electron chi connectivity index (χ0n) is 13.5. The molecule has 4 rings (SSSR count). The Morgan fingerprint density at radius 3 is 2.92 bits per heavy atom. The minimum Gasteiger partial charge on any atom is -0.393 e. The van der Waals surface area contributed by atoms with Crippen molar-refractivity contribution in [1.29, 1.82) is 0 Å². The standard InChI is InChI=1S/C17H21N3O3S/c1-2-24(22,23)19-8-7-16(21)14(10-19)17-13-6-4-3-5-12(13)15-9-18-11-20(15)17/h3-6,9,11,14,16-17,21H,2,7-8,10H2,1H3/t14-,16-,17?/m0/s1. The van der Waals surface area contributed by atoms with Gasteiger partial charge < -0.3 is 9.67 Å². The fraction of sp³-hybridized carbons (Fsp3) is 0.471. The first kappa shape index (κ1) is 15.8. The second kappa shape index (κ2) is 5.68. The number of rotatable bonds is 3. The smallest absolute Gasteiger partial charge is 0.213 e. The van der Waals surface area contributed by atoms with Crippen molar-refractivity contribution in [3.63, 3.8) is 0 Å². The van der Waals surface area contributed by atoms with Crippen LogP contribution in [0.2, 0.25) is 0 Å². The Morgan fingerprint density at radius 2 is 2.12 bits per heavy atom. The number of benzene rings is 1. The van der Waals surface area contributed by atoms with E-state index in [-0.39, 0.29) is 17.7 Å². The van der Waals surface area contributed by atoms with Crippen LogP contribution < -0.4 is 0 Å². The Labute approximate surface area is 141 Å². The molecule has 1 saturated heterocycles. The van der Waals surface area contributed by atoms with Gasteiger partial charge in [0.2, 0.25) is 10.0 Å². The zero-order valence-corrected chi connectivity index (χ0v) is 14.4. The van der Waals surface area contributed by atoms with Gasteiger partial charge in [-0.2, -0.15) is 0 Å². The highest BCUT2D eigenvalue weighted by Crippen LogP contribution is 2.45. The number of fused-ring (bicyclic) bond motifs is 3. The van der Waals surface area contributed by atoms with Crippen LogP contribution in [0.5, 0.6) is 0 Å². The van der Waals surface area contributed by atoms with Crippen molar-refractivity contribution in [2.75, 3.05) is 18.8 Å². The fourth-order valence-electron chi connectivity index (χ4n) is 3.99. The molecule has 1 fully saturated rings. The van der Waals surface area contributed by atoms with Crippen molar-refractivity contribution in [2.45, 2.75) is 25.5 Å². The molecule has 1 aromatic carbocycles. The van der Waals surface area contributed by atoms with E-state index in [0.29, 0.717) is 19.5 Å². The predicted molar refractivity (Wildman–Crippen MR) is 90.9 cm³/mol. The lowest BCUT2D eigenvalue weighted by Gasteiger charge is -2.39. The quantitative estimate of drug-likeness (QED) is 0.913. The largest absolute Gasteiger partial charge is 0.393 e. The van der Waals surface area contributed by atoms with E-state index in [4.69, 9.17) is 0 Å². The molecule has 0 amide bonds. The first-order valence-corrected chi connectivity index (χ1v) is 9.91. The molecular weight excluding hydrogens is 326 g/mol. The Hall–Kier alpha value is -1.70. The van der Waals surface area contributed by atoms with Crippen molar-refractivity contribution in [2.24, 2.45) is 5.92 Å². The average molecular weight is 347 g/mol. The number of hydrogen-bond donors (Lipinski definition) is 1. The van der Waals surface area contributed by atoms with E-state index in [9.17, 15) is 13.5 Å². The van der Waals surface area contributed by atoms with E-state index in [2.05, 4.69) is 21.7 Å². The maximum absolute atomic E-state index is 12.3. The van der Waals surface area contributed by atoms with Crippen LogP contribution in [-0.2, 0) is 10.0 Å². The van der Waals surface area contributed by atoms with Gasteiger partial charge in [0, 0.05) is 24.6 Å². The lowest BCUT2D eigenvalue weighted by molar-refractivity contribution is 0.0357. The summed E-state index contributed by atoms with van der Waals surface area (Å²) in [5, 5.41) is 10.6. The van der Waals surface area contributed by atoms with Crippen LogP contribution in [0, 0.1) is 5.92 Å². The monoisotopic (exact) mass is 347 g/mol. The highest BCUT2D eigenvalue weighted by molar-refractivity contribution is 7.89. The molecule has 1 aromatic heterocycles. The molecule has 1 unspecified atom stereocenters. The average Bonchev–Trinajstić information content (AvgIpc) is 3.16. The summed E-state index contributed by atoms with van der Waals surface area (Å²) in [5.74, 6) is -0.0930. The lowest BCUT2D eigenvalue weighted by atomic mass is 9.85. The van der Waals surface area contributed by atoms with Gasteiger partial charge in [0.15, 0.2) is 0 Å². The molecular formula is C17H21N3O3S. The first-order chi connectivity index (χ1) is 11.5. The molecule has 2 aliphatic heterocycles. The summed E-state index contributed by atoms with van der Waals surface area (Å²) < 4.78 is 28.2. The van der Waals surface area contributed by atoms with Crippen LogP contribution in [0.4, 0.5) is 0 Å². The number of hydrogen-bond acceptors (Lipinski definition) is 4. The number of nitrogens with zero attached hydrogens (tertiary/aromatic N) is 3. The fourth-order valence-corrected chi connectivity index (χ4v) is 5.14. The summed E-state index contributed by atoms with van der Waals surface area (Å²) in [7, 11) is -3.25. The molecule has 2 aliphatic rings. The highest BCUT2D eigenvalue weighted by atomic mass is 32.2. The van der Waals surface area contributed by atoms with Crippen LogP contribution >= 0.6 is 0 Å². The summed E-state index contributed by atoms with van der Waals surface area (Å²) in [5.41, 5.74) is 3.27. The Balaban J connectivity index is 1.75. The normalized spacial score (nSPS) is 27.0. The molecule has 6 nitrogen and oxygen atoms in total. The topological polar surface area (TPSA) is 75.4 Å². The van der Waals surface area contributed by atoms with E-state index in [1.807, 2.05) is 18.3 Å². The SMILES string of the molecule is CCS(=O)(=O)N1CC[C@H](O)[C@@H](C2c3ccccc3-c3cncn32)C1. The third-order valence-corrected chi connectivity index (χ3v) is 7.12. The molecule has 0 spiro atoms. The third-order valence-electron chi connectivity index (χ3n) is 5.27. The van der Waals surface area contributed by atoms with Gasteiger partial charge in [0.25, 0.3) is 0 Å². The number of aliphatic hydroxyl groups excluding tert-OH is 1. The van der Waals surface area contributed by atoms with E-state index in [1.54, 1.807) is 13.3 Å². The molecule has 0 saturated carbocycles. The van der Waals surface area contributed by atoms with Crippen LogP contribution in [0.3, 0.4) is 0 Å². The van der Waals surface area contributed by atoms with Crippen LogP contribution in [-0.4, -0.2) is 52.3 Å². The third kappa shape index (κ3) is 2.30.